The van der Waals surface area contributed by atoms with Gasteiger partial charge < -0.3 is 5.32 Å². The van der Waals surface area contributed by atoms with Crippen LogP contribution in [0, 0.1) is 5.92 Å². The maximum Gasteiger partial charge on any atom is 0.151 e. The summed E-state index contributed by atoms with van der Waals surface area (Å²) in [5.41, 5.74) is 0. The van der Waals surface area contributed by atoms with Crippen molar-refractivity contribution < 1.29 is 8.42 Å². The van der Waals surface area contributed by atoms with Crippen LogP contribution in [0.2, 0.25) is 0 Å². The summed E-state index contributed by atoms with van der Waals surface area (Å²) in [6.07, 6.45) is 4.31. The predicted octanol–water partition coefficient (Wildman–Crippen LogP) is 0.952. The maximum atomic E-state index is 11.4. The van der Waals surface area contributed by atoms with Crippen molar-refractivity contribution in [2.45, 2.75) is 44.7 Å². The standard InChI is InChI=1S/C10H19NO2S/c1-8-5-10(6-8)11-9-3-2-4-14(12,13)7-9/h8-11H,2-7H2,1H3. The zero-order chi connectivity index (χ0) is 10.2. The van der Waals surface area contributed by atoms with Crippen LogP contribution in [-0.4, -0.2) is 32.0 Å². The Morgan fingerprint density at radius 1 is 1.21 bits per heavy atom. The van der Waals surface area contributed by atoms with E-state index in [0.29, 0.717) is 17.5 Å². The summed E-state index contributed by atoms with van der Waals surface area (Å²) < 4.78 is 22.7. The number of hydrogen-bond acceptors (Lipinski definition) is 3. The van der Waals surface area contributed by atoms with Gasteiger partial charge in [0.15, 0.2) is 9.84 Å². The van der Waals surface area contributed by atoms with Crippen molar-refractivity contribution in [1.29, 1.82) is 0 Å². The highest BCUT2D eigenvalue weighted by atomic mass is 32.2. The molecule has 2 fully saturated rings. The molecule has 0 aromatic heterocycles. The Morgan fingerprint density at radius 3 is 2.50 bits per heavy atom. The molecule has 0 aromatic rings. The van der Waals surface area contributed by atoms with E-state index in [1.165, 1.54) is 12.8 Å². The Balaban J connectivity index is 1.81. The molecule has 4 heteroatoms. The number of rotatable bonds is 2. The molecular formula is C10H19NO2S. The second-order valence-electron chi connectivity index (χ2n) is 4.89. The first-order valence-electron chi connectivity index (χ1n) is 5.51. The Hall–Kier alpha value is -0.0900. The van der Waals surface area contributed by atoms with Crippen molar-refractivity contribution in [2.75, 3.05) is 11.5 Å². The van der Waals surface area contributed by atoms with Gasteiger partial charge in [0, 0.05) is 12.1 Å². The third-order valence-corrected chi connectivity index (χ3v) is 5.13. The summed E-state index contributed by atoms with van der Waals surface area (Å²) in [4.78, 5) is 0. The lowest BCUT2D eigenvalue weighted by Crippen LogP contribution is -2.49. The molecule has 1 atom stereocenters. The Morgan fingerprint density at radius 2 is 1.93 bits per heavy atom. The van der Waals surface area contributed by atoms with Crippen LogP contribution in [0.15, 0.2) is 0 Å². The summed E-state index contributed by atoms with van der Waals surface area (Å²) in [6.45, 7) is 2.25. The highest BCUT2D eigenvalue weighted by Gasteiger charge is 2.30. The summed E-state index contributed by atoms with van der Waals surface area (Å²) in [7, 11) is -2.74. The van der Waals surface area contributed by atoms with Crippen molar-refractivity contribution in [3.8, 4) is 0 Å². The van der Waals surface area contributed by atoms with Crippen molar-refractivity contribution in [3.63, 3.8) is 0 Å². The van der Waals surface area contributed by atoms with Crippen LogP contribution in [0.25, 0.3) is 0 Å². The van der Waals surface area contributed by atoms with Gasteiger partial charge in [0.25, 0.3) is 0 Å². The largest absolute Gasteiger partial charge is 0.310 e. The summed E-state index contributed by atoms with van der Waals surface area (Å²) in [5.74, 6) is 1.58. The second kappa shape index (κ2) is 3.81. The fourth-order valence-electron chi connectivity index (χ4n) is 2.53. The molecule has 0 spiro atoms. The first kappa shape index (κ1) is 10.4. The molecule has 0 amide bonds. The molecule has 1 heterocycles. The van der Waals surface area contributed by atoms with Gasteiger partial charge in [-0.05, 0) is 31.6 Å². The molecule has 1 N–H and O–H groups in total. The van der Waals surface area contributed by atoms with Crippen molar-refractivity contribution in [3.05, 3.63) is 0 Å². The minimum Gasteiger partial charge on any atom is -0.310 e. The lowest BCUT2D eigenvalue weighted by molar-refractivity contribution is 0.222. The molecule has 0 radical (unpaired) electrons. The minimum absolute atomic E-state index is 0.228. The Kier molecular flexibility index (Phi) is 2.84. The lowest BCUT2D eigenvalue weighted by Gasteiger charge is -2.37. The van der Waals surface area contributed by atoms with Crippen molar-refractivity contribution in [2.24, 2.45) is 5.92 Å². The molecule has 2 rings (SSSR count). The second-order valence-corrected chi connectivity index (χ2v) is 7.12. The van der Waals surface area contributed by atoms with E-state index in [0.717, 1.165) is 18.8 Å². The zero-order valence-electron chi connectivity index (χ0n) is 8.70. The third kappa shape index (κ3) is 2.48. The van der Waals surface area contributed by atoms with Crippen LogP contribution >= 0.6 is 0 Å². The number of hydrogen-bond donors (Lipinski definition) is 1. The minimum atomic E-state index is -2.74. The summed E-state index contributed by atoms with van der Waals surface area (Å²) in [6, 6.07) is 0.814. The van der Waals surface area contributed by atoms with Gasteiger partial charge in [0.05, 0.1) is 11.5 Å². The van der Waals surface area contributed by atoms with Crippen LogP contribution in [0.1, 0.15) is 32.6 Å². The van der Waals surface area contributed by atoms with Gasteiger partial charge in [-0.1, -0.05) is 6.92 Å². The van der Waals surface area contributed by atoms with Crippen LogP contribution in [0.5, 0.6) is 0 Å². The molecule has 0 bridgehead atoms. The van der Waals surface area contributed by atoms with E-state index in [9.17, 15) is 8.42 Å². The van der Waals surface area contributed by atoms with Crippen LogP contribution in [0.3, 0.4) is 0 Å². The number of nitrogens with one attached hydrogen (secondary N) is 1. The fraction of sp³-hybridized carbons (Fsp3) is 1.00. The molecule has 1 unspecified atom stereocenters. The van der Waals surface area contributed by atoms with Crippen LogP contribution in [-0.2, 0) is 9.84 Å². The molecule has 2 aliphatic rings. The zero-order valence-corrected chi connectivity index (χ0v) is 9.52. The molecule has 1 saturated carbocycles. The SMILES string of the molecule is CC1CC(NC2CCCS(=O)(=O)C2)C1. The fourth-order valence-corrected chi connectivity index (χ4v) is 4.18. The van der Waals surface area contributed by atoms with Crippen molar-refractivity contribution in [1.82, 2.24) is 5.32 Å². The van der Waals surface area contributed by atoms with Crippen LogP contribution in [0.4, 0.5) is 0 Å². The molecule has 1 aliphatic heterocycles. The van der Waals surface area contributed by atoms with Gasteiger partial charge in [0.1, 0.15) is 0 Å². The topological polar surface area (TPSA) is 46.2 Å². The van der Waals surface area contributed by atoms with Crippen molar-refractivity contribution >= 4 is 9.84 Å². The Bertz CT molecular complexity index is 293. The van der Waals surface area contributed by atoms with E-state index in [4.69, 9.17) is 0 Å². The van der Waals surface area contributed by atoms with Gasteiger partial charge in [-0.2, -0.15) is 0 Å². The van der Waals surface area contributed by atoms with E-state index in [1.54, 1.807) is 0 Å². The van der Waals surface area contributed by atoms with E-state index < -0.39 is 9.84 Å². The Labute approximate surface area is 86.2 Å². The normalized spacial score (nSPS) is 41.6. The first-order chi connectivity index (χ1) is 6.55. The van der Waals surface area contributed by atoms with E-state index in [2.05, 4.69) is 12.2 Å². The quantitative estimate of drug-likeness (QED) is 0.749. The van der Waals surface area contributed by atoms with E-state index in [1.807, 2.05) is 0 Å². The summed E-state index contributed by atoms with van der Waals surface area (Å²) in [5, 5.41) is 3.46. The molecule has 3 nitrogen and oxygen atoms in total. The number of sulfone groups is 1. The van der Waals surface area contributed by atoms with Crippen LogP contribution < -0.4 is 5.32 Å². The van der Waals surface area contributed by atoms with Gasteiger partial charge in [0.2, 0.25) is 0 Å². The average Bonchev–Trinajstić information content (AvgIpc) is 1.99. The highest BCUT2D eigenvalue weighted by molar-refractivity contribution is 7.91. The van der Waals surface area contributed by atoms with Gasteiger partial charge in [-0.15, -0.1) is 0 Å². The smallest absolute Gasteiger partial charge is 0.151 e. The van der Waals surface area contributed by atoms with E-state index >= 15 is 0 Å². The molecule has 14 heavy (non-hydrogen) atoms. The van der Waals surface area contributed by atoms with E-state index in [-0.39, 0.29) is 6.04 Å². The monoisotopic (exact) mass is 217 g/mol. The molecular weight excluding hydrogens is 198 g/mol. The molecule has 1 aliphatic carbocycles. The molecule has 82 valence electrons. The predicted molar refractivity (Wildman–Crippen MR) is 57.0 cm³/mol. The highest BCUT2D eigenvalue weighted by Crippen LogP contribution is 2.27. The summed E-state index contributed by atoms with van der Waals surface area (Å²) >= 11 is 0. The van der Waals surface area contributed by atoms with Gasteiger partial charge in [-0.25, -0.2) is 8.42 Å². The molecule has 1 saturated heterocycles. The first-order valence-corrected chi connectivity index (χ1v) is 7.34. The average molecular weight is 217 g/mol. The van der Waals surface area contributed by atoms with Gasteiger partial charge in [-0.3, -0.25) is 0 Å². The molecule has 0 aromatic carbocycles. The third-order valence-electron chi connectivity index (χ3n) is 3.31. The van der Waals surface area contributed by atoms with Gasteiger partial charge >= 0.3 is 0 Å². The lowest BCUT2D eigenvalue weighted by atomic mass is 9.81. The maximum absolute atomic E-state index is 11.4.